The molecule has 0 amide bonds. The highest BCUT2D eigenvalue weighted by atomic mass is 16.5. The summed E-state index contributed by atoms with van der Waals surface area (Å²) in [6.07, 6.45) is 6.77. The van der Waals surface area contributed by atoms with Crippen molar-refractivity contribution in [2.24, 2.45) is 0 Å². The number of hydrogen-bond acceptors (Lipinski definition) is 9. The van der Waals surface area contributed by atoms with E-state index < -0.39 is 0 Å². The molecule has 0 saturated heterocycles. The lowest BCUT2D eigenvalue weighted by Gasteiger charge is -2.27. The molecule has 42 heavy (non-hydrogen) atoms. The standard InChI is InChI=1S/C32H35N7O3/c1-21(2)39-30-28-18-26(36-29(30)22(3)37-39)25-8-7-13-34-31(25)41-16-5-6-17-42-32-27(33-14-15-35-32)20-38(28)19-23-9-11-24(40-4)12-10-23/h7-15,18,21H,5-6,16-17,19-20H2,1-4H3. The second-order valence-electron chi connectivity index (χ2n) is 10.6. The minimum Gasteiger partial charge on any atom is -0.497 e. The van der Waals surface area contributed by atoms with Gasteiger partial charge in [0.2, 0.25) is 11.8 Å². The van der Waals surface area contributed by atoms with E-state index in [0.717, 1.165) is 63.5 Å². The molecular weight excluding hydrogens is 530 g/mol. The SMILES string of the molecule is COc1ccc(CN2Cc3nccnc3OCCCCOc3ncccc3-c3cc2c2c(n3)c(C)nn2C(C)C)cc1. The molecule has 1 aliphatic heterocycles. The van der Waals surface area contributed by atoms with Gasteiger partial charge in [-0.25, -0.2) is 15.0 Å². The first kappa shape index (κ1) is 27.4. The fraction of sp³-hybridized carbons (Fsp3) is 0.344. The summed E-state index contributed by atoms with van der Waals surface area (Å²) < 4.78 is 19.8. The number of aromatic nitrogens is 6. The molecule has 5 heterocycles. The van der Waals surface area contributed by atoms with E-state index in [9.17, 15) is 0 Å². The number of hydrogen-bond donors (Lipinski definition) is 0. The lowest BCUT2D eigenvalue weighted by atomic mass is 10.1. The van der Waals surface area contributed by atoms with Gasteiger partial charge in [0, 0.05) is 31.2 Å². The molecule has 4 aromatic heterocycles. The molecule has 0 saturated carbocycles. The summed E-state index contributed by atoms with van der Waals surface area (Å²) in [5.41, 5.74) is 7.13. The maximum Gasteiger partial charge on any atom is 0.237 e. The van der Waals surface area contributed by atoms with Gasteiger partial charge in [0.1, 0.15) is 22.5 Å². The van der Waals surface area contributed by atoms with Gasteiger partial charge in [0.15, 0.2) is 0 Å². The van der Waals surface area contributed by atoms with Crippen LogP contribution in [0.5, 0.6) is 17.5 Å². The molecule has 0 N–H and O–H groups in total. The fourth-order valence-corrected chi connectivity index (χ4v) is 5.20. The minimum atomic E-state index is 0.122. The lowest BCUT2D eigenvalue weighted by Crippen LogP contribution is -2.25. The first-order valence-electron chi connectivity index (χ1n) is 14.3. The first-order valence-corrected chi connectivity index (χ1v) is 14.3. The van der Waals surface area contributed by atoms with Crippen molar-refractivity contribution in [1.82, 2.24) is 29.7 Å². The second kappa shape index (κ2) is 12.0. The summed E-state index contributed by atoms with van der Waals surface area (Å²) in [5, 5.41) is 4.93. The molecule has 2 bridgehead atoms. The fourth-order valence-electron chi connectivity index (χ4n) is 5.20. The van der Waals surface area contributed by atoms with Gasteiger partial charge in [-0.05, 0) is 69.5 Å². The normalized spacial score (nSPS) is 13.9. The summed E-state index contributed by atoms with van der Waals surface area (Å²) in [4.78, 5) is 21.3. The molecule has 10 nitrogen and oxygen atoms in total. The number of rotatable bonds is 4. The smallest absolute Gasteiger partial charge is 0.237 e. The third-order valence-electron chi connectivity index (χ3n) is 7.30. The molecule has 1 aliphatic rings. The van der Waals surface area contributed by atoms with Crippen LogP contribution in [0.25, 0.3) is 22.3 Å². The van der Waals surface area contributed by atoms with E-state index in [1.54, 1.807) is 25.7 Å². The third-order valence-corrected chi connectivity index (χ3v) is 7.30. The predicted octanol–water partition coefficient (Wildman–Crippen LogP) is 5.94. The highest BCUT2D eigenvalue weighted by molar-refractivity contribution is 5.93. The second-order valence-corrected chi connectivity index (χ2v) is 10.6. The van der Waals surface area contributed by atoms with Crippen molar-refractivity contribution in [2.75, 3.05) is 25.2 Å². The Morgan fingerprint density at radius 2 is 1.67 bits per heavy atom. The topological polar surface area (TPSA) is 100 Å². The predicted molar refractivity (Wildman–Crippen MR) is 161 cm³/mol. The Labute approximate surface area is 245 Å². The van der Waals surface area contributed by atoms with E-state index in [1.165, 1.54) is 0 Å². The van der Waals surface area contributed by atoms with Gasteiger partial charge in [-0.1, -0.05) is 12.1 Å². The van der Waals surface area contributed by atoms with E-state index in [0.29, 0.717) is 38.1 Å². The Hall–Kier alpha value is -4.73. The van der Waals surface area contributed by atoms with Gasteiger partial charge in [-0.2, -0.15) is 5.10 Å². The van der Waals surface area contributed by atoms with Crippen molar-refractivity contribution >= 4 is 16.7 Å². The summed E-state index contributed by atoms with van der Waals surface area (Å²) >= 11 is 0. The van der Waals surface area contributed by atoms with Crippen molar-refractivity contribution in [2.45, 2.75) is 52.7 Å². The molecule has 1 aromatic carbocycles. The molecule has 5 aromatic rings. The minimum absolute atomic E-state index is 0.122. The summed E-state index contributed by atoms with van der Waals surface area (Å²) in [5.74, 6) is 1.91. The van der Waals surface area contributed by atoms with E-state index in [2.05, 4.69) is 51.6 Å². The van der Waals surface area contributed by atoms with E-state index >= 15 is 0 Å². The van der Waals surface area contributed by atoms with Gasteiger partial charge < -0.3 is 19.1 Å². The van der Waals surface area contributed by atoms with Crippen LogP contribution in [0.15, 0.2) is 61.1 Å². The number of fused-ring (bicyclic) bond motifs is 7. The molecule has 0 radical (unpaired) electrons. The highest BCUT2D eigenvalue weighted by Gasteiger charge is 2.24. The van der Waals surface area contributed by atoms with Crippen molar-refractivity contribution in [3.8, 4) is 28.8 Å². The number of benzene rings is 1. The zero-order valence-corrected chi connectivity index (χ0v) is 24.4. The zero-order chi connectivity index (χ0) is 29.1. The van der Waals surface area contributed by atoms with Crippen LogP contribution in [0.3, 0.4) is 0 Å². The van der Waals surface area contributed by atoms with Crippen LogP contribution in [-0.4, -0.2) is 50.0 Å². The van der Waals surface area contributed by atoms with Gasteiger partial charge in [0.05, 0.1) is 49.5 Å². The van der Waals surface area contributed by atoms with Crippen LogP contribution in [0.2, 0.25) is 0 Å². The third kappa shape index (κ3) is 5.57. The Balaban J connectivity index is 1.60. The quantitative estimate of drug-likeness (QED) is 0.262. The number of ether oxygens (including phenoxy) is 3. The summed E-state index contributed by atoms with van der Waals surface area (Å²) in [7, 11) is 1.68. The number of methoxy groups -OCH3 is 1. The monoisotopic (exact) mass is 565 g/mol. The van der Waals surface area contributed by atoms with Crippen molar-refractivity contribution < 1.29 is 14.2 Å². The van der Waals surface area contributed by atoms with Gasteiger partial charge >= 0.3 is 0 Å². The maximum atomic E-state index is 6.18. The van der Waals surface area contributed by atoms with Gasteiger partial charge in [-0.3, -0.25) is 9.67 Å². The average molecular weight is 566 g/mol. The van der Waals surface area contributed by atoms with Gasteiger partial charge in [0.25, 0.3) is 0 Å². The maximum absolute atomic E-state index is 6.18. The zero-order valence-electron chi connectivity index (χ0n) is 24.4. The number of anilines is 1. The Morgan fingerprint density at radius 3 is 2.43 bits per heavy atom. The molecule has 0 fully saturated rings. The van der Waals surface area contributed by atoms with Crippen LogP contribution in [-0.2, 0) is 13.1 Å². The van der Waals surface area contributed by atoms with Crippen LogP contribution in [0.1, 0.15) is 49.7 Å². The Bertz CT molecular complexity index is 1680. The van der Waals surface area contributed by atoms with Crippen molar-refractivity contribution in [3.05, 3.63) is 78.0 Å². The van der Waals surface area contributed by atoms with Crippen molar-refractivity contribution in [3.63, 3.8) is 0 Å². The average Bonchev–Trinajstić information content (AvgIpc) is 3.35. The molecule has 6 rings (SSSR count). The van der Waals surface area contributed by atoms with Crippen LogP contribution in [0, 0.1) is 6.92 Å². The van der Waals surface area contributed by atoms with Crippen molar-refractivity contribution in [1.29, 1.82) is 0 Å². The van der Waals surface area contributed by atoms with Crippen LogP contribution < -0.4 is 19.1 Å². The number of pyridine rings is 2. The molecular formula is C32H35N7O3. The largest absolute Gasteiger partial charge is 0.497 e. The summed E-state index contributed by atoms with van der Waals surface area (Å²) in [6, 6.07) is 14.3. The molecule has 0 atom stereocenters. The summed E-state index contributed by atoms with van der Waals surface area (Å²) in [6.45, 7) is 8.37. The van der Waals surface area contributed by atoms with Crippen LogP contribution in [0.4, 0.5) is 5.69 Å². The molecule has 10 heteroatoms. The van der Waals surface area contributed by atoms with Crippen LogP contribution >= 0.6 is 0 Å². The van der Waals surface area contributed by atoms with E-state index in [4.69, 9.17) is 29.3 Å². The molecule has 0 aliphatic carbocycles. The molecule has 0 unspecified atom stereocenters. The Morgan fingerprint density at radius 1 is 0.929 bits per heavy atom. The van der Waals surface area contributed by atoms with E-state index in [1.807, 2.05) is 31.2 Å². The Kier molecular flexibility index (Phi) is 7.85. The van der Waals surface area contributed by atoms with E-state index in [-0.39, 0.29) is 6.04 Å². The number of nitrogens with zero attached hydrogens (tertiary/aromatic N) is 7. The first-order chi connectivity index (χ1) is 20.5. The highest BCUT2D eigenvalue weighted by Crippen LogP contribution is 2.38. The molecule has 216 valence electrons. The van der Waals surface area contributed by atoms with Gasteiger partial charge in [-0.15, -0.1) is 0 Å². The number of aryl methyl sites for hydroxylation is 1. The molecule has 0 spiro atoms. The lowest BCUT2D eigenvalue weighted by molar-refractivity contribution is 0.255.